The summed E-state index contributed by atoms with van der Waals surface area (Å²) in [6, 6.07) is 0. The Labute approximate surface area is 108 Å². The van der Waals surface area contributed by atoms with Gasteiger partial charge in [-0.05, 0) is 30.0 Å². The van der Waals surface area contributed by atoms with E-state index in [9.17, 15) is 0 Å². The van der Waals surface area contributed by atoms with E-state index in [0.717, 1.165) is 6.42 Å². The minimum Gasteiger partial charge on any atom is -0.413 e. The van der Waals surface area contributed by atoms with Gasteiger partial charge >= 0.3 is 0 Å². The van der Waals surface area contributed by atoms with Crippen molar-refractivity contribution in [3.8, 4) is 0 Å². The molecule has 1 N–H and O–H groups in total. The fraction of sp³-hybridized carbons (Fsp3) is 0.857. The largest absolute Gasteiger partial charge is 0.413 e. The summed E-state index contributed by atoms with van der Waals surface area (Å²) in [4.78, 5) is 0. The first kappa shape index (κ1) is 16.9. The molecule has 0 fully saturated rings. The zero-order chi connectivity index (χ0) is 13.7. The lowest BCUT2D eigenvalue weighted by atomic mass is 9.89. The van der Waals surface area contributed by atoms with Gasteiger partial charge in [-0.15, -0.1) is 0 Å². The smallest absolute Gasteiger partial charge is 0.192 e. The zero-order valence-electron chi connectivity index (χ0n) is 12.6. The molecule has 0 heterocycles. The molecule has 0 aromatic carbocycles. The highest BCUT2D eigenvalue weighted by Crippen LogP contribution is 2.36. The molecule has 0 aromatic heterocycles. The molecule has 0 aliphatic rings. The minimum absolute atomic E-state index is 0.0611. The Balaban J connectivity index is 4.20. The molecule has 0 aliphatic carbocycles. The summed E-state index contributed by atoms with van der Waals surface area (Å²) in [5, 5.41) is 9.20. The van der Waals surface area contributed by atoms with Gasteiger partial charge in [-0.2, -0.15) is 0 Å². The van der Waals surface area contributed by atoms with Gasteiger partial charge in [0.2, 0.25) is 0 Å². The van der Waals surface area contributed by atoms with E-state index in [1.807, 2.05) is 0 Å². The minimum atomic E-state index is -1.62. The third-order valence-corrected chi connectivity index (χ3v) is 8.17. The molecule has 3 heteroatoms. The zero-order valence-corrected chi connectivity index (χ0v) is 13.6. The van der Waals surface area contributed by atoms with Crippen molar-refractivity contribution in [1.29, 1.82) is 0 Å². The van der Waals surface area contributed by atoms with E-state index in [0.29, 0.717) is 6.61 Å². The molecule has 2 nitrogen and oxygen atoms in total. The summed E-state index contributed by atoms with van der Waals surface area (Å²) in [7, 11) is -1.62. The van der Waals surface area contributed by atoms with Crippen LogP contribution in [0.5, 0.6) is 0 Å². The lowest BCUT2D eigenvalue weighted by Crippen LogP contribution is -2.40. The Hall–Kier alpha value is -0.123. The van der Waals surface area contributed by atoms with Crippen LogP contribution in [0.15, 0.2) is 12.2 Å². The van der Waals surface area contributed by atoms with E-state index in [-0.39, 0.29) is 17.1 Å². The van der Waals surface area contributed by atoms with Gasteiger partial charge in [0, 0.05) is 6.61 Å². The van der Waals surface area contributed by atoms with E-state index < -0.39 is 8.32 Å². The van der Waals surface area contributed by atoms with Crippen LogP contribution in [0.4, 0.5) is 0 Å². The van der Waals surface area contributed by atoms with Gasteiger partial charge in [-0.3, -0.25) is 0 Å². The van der Waals surface area contributed by atoms with Crippen LogP contribution in [0.1, 0.15) is 41.0 Å². The standard InChI is InChI=1S/C14H30O2Si/c1-13(2,3)17(6,7)16-12-8-9-14(4,5)10-11-15/h8-9,15H,10-12H2,1-7H3/b9-8+. The maximum absolute atomic E-state index is 8.94. The van der Waals surface area contributed by atoms with E-state index >= 15 is 0 Å². The second-order valence-electron chi connectivity index (χ2n) is 6.94. The lowest BCUT2D eigenvalue weighted by Gasteiger charge is -2.35. The normalized spacial score (nSPS) is 14.6. The molecule has 0 spiro atoms. The van der Waals surface area contributed by atoms with E-state index in [1.54, 1.807) is 0 Å². The third kappa shape index (κ3) is 6.39. The maximum atomic E-state index is 8.94. The van der Waals surface area contributed by atoms with Crippen molar-refractivity contribution in [2.45, 2.75) is 59.2 Å². The van der Waals surface area contributed by atoms with E-state index in [4.69, 9.17) is 9.53 Å². The quantitative estimate of drug-likeness (QED) is 0.577. The van der Waals surface area contributed by atoms with Crippen molar-refractivity contribution < 1.29 is 9.53 Å². The second-order valence-corrected chi connectivity index (χ2v) is 11.7. The fourth-order valence-corrected chi connectivity index (χ4v) is 2.16. The van der Waals surface area contributed by atoms with Gasteiger partial charge in [-0.1, -0.05) is 46.8 Å². The average Bonchev–Trinajstić information content (AvgIpc) is 2.10. The van der Waals surface area contributed by atoms with Crippen molar-refractivity contribution in [2.24, 2.45) is 5.41 Å². The third-order valence-electron chi connectivity index (χ3n) is 3.67. The van der Waals surface area contributed by atoms with E-state index in [2.05, 4.69) is 59.9 Å². The number of hydrogen-bond donors (Lipinski definition) is 1. The monoisotopic (exact) mass is 258 g/mol. The van der Waals surface area contributed by atoms with Crippen molar-refractivity contribution in [3.63, 3.8) is 0 Å². The van der Waals surface area contributed by atoms with Crippen molar-refractivity contribution in [1.82, 2.24) is 0 Å². The van der Waals surface area contributed by atoms with Gasteiger partial charge in [0.25, 0.3) is 0 Å². The Kier molecular flexibility index (Phi) is 6.12. The Morgan fingerprint density at radius 3 is 2.06 bits per heavy atom. The molecule has 0 radical (unpaired) electrons. The molecule has 0 bridgehead atoms. The van der Waals surface area contributed by atoms with Crippen LogP contribution in [-0.2, 0) is 4.43 Å². The number of hydrogen-bond acceptors (Lipinski definition) is 2. The first-order valence-electron chi connectivity index (χ1n) is 6.44. The molecule has 0 saturated carbocycles. The van der Waals surface area contributed by atoms with Crippen LogP contribution in [0.3, 0.4) is 0 Å². The van der Waals surface area contributed by atoms with Crippen LogP contribution in [0, 0.1) is 5.41 Å². The highest BCUT2D eigenvalue weighted by molar-refractivity contribution is 6.74. The number of aliphatic hydroxyl groups excluding tert-OH is 1. The van der Waals surface area contributed by atoms with Crippen LogP contribution in [0.2, 0.25) is 18.1 Å². The molecule has 0 amide bonds. The summed E-state index contributed by atoms with van der Waals surface area (Å²) in [5.74, 6) is 0. The predicted molar refractivity (Wildman–Crippen MR) is 77.8 cm³/mol. The van der Waals surface area contributed by atoms with Crippen LogP contribution >= 0.6 is 0 Å². The fourth-order valence-electron chi connectivity index (χ4n) is 1.21. The second kappa shape index (κ2) is 6.16. The molecule has 0 unspecified atom stereocenters. The van der Waals surface area contributed by atoms with Crippen LogP contribution in [0.25, 0.3) is 0 Å². The van der Waals surface area contributed by atoms with Gasteiger partial charge in [0.1, 0.15) is 0 Å². The summed E-state index contributed by atoms with van der Waals surface area (Å²) >= 11 is 0. The van der Waals surface area contributed by atoms with Crippen molar-refractivity contribution in [3.05, 3.63) is 12.2 Å². The lowest BCUT2D eigenvalue weighted by molar-refractivity contribution is 0.240. The molecule has 0 rings (SSSR count). The molecule has 17 heavy (non-hydrogen) atoms. The summed E-state index contributed by atoms with van der Waals surface area (Å²) in [5.41, 5.74) is 0.0611. The van der Waals surface area contributed by atoms with Gasteiger partial charge in [-0.25, -0.2) is 0 Å². The van der Waals surface area contributed by atoms with E-state index in [1.165, 1.54) is 0 Å². The number of rotatable bonds is 6. The van der Waals surface area contributed by atoms with Crippen molar-refractivity contribution >= 4 is 8.32 Å². The molecular weight excluding hydrogens is 228 g/mol. The summed E-state index contributed by atoms with van der Waals surface area (Å²) in [6.45, 7) is 16.5. The Morgan fingerprint density at radius 1 is 1.12 bits per heavy atom. The van der Waals surface area contributed by atoms with Gasteiger partial charge < -0.3 is 9.53 Å². The first-order chi connectivity index (χ1) is 7.52. The average molecular weight is 258 g/mol. The predicted octanol–water partition coefficient (Wildman–Crippen LogP) is 3.97. The SMILES string of the molecule is CC(C)(/C=C/CO[Si](C)(C)C(C)(C)C)CCO. The molecule has 0 atom stereocenters. The molecular formula is C14H30O2Si. The number of aliphatic hydroxyl groups is 1. The van der Waals surface area contributed by atoms with Gasteiger partial charge in [0.15, 0.2) is 8.32 Å². The van der Waals surface area contributed by atoms with Gasteiger partial charge in [0.05, 0.1) is 6.61 Å². The highest BCUT2D eigenvalue weighted by Gasteiger charge is 2.36. The van der Waals surface area contributed by atoms with Crippen LogP contribution in [-0.4, -0.2) is 26.6 Å². The molecule has 0 aliphatic heterocycles. The van der Waals surface area contributed by atoms with Crippen LogP contribution < -0.4 is 0 Å². The summed E-state index contributed by atoms with van der Waals surface area (Å²) < 4.78 is 6.06. The summed E-state index contributed by atoms with van der Waals surface area (Å²) in [6.07, 6.45) is 5.04. The highest BCUT2D eigenvalue weighted by atomic mass is 28.4. The van der Waals surface area contributed by atoms with Crippen molar-refractivity contribution in [2.75, 3.05) is 13.2 Å². The molecule has 102 valence electrons. The first-order valence-corrected chi connectivity index (χ1v) is 9.35. The maximum Gasteiger partial charge on any atom is 0.192 e. The Morgan fingerprint density at radius 2 is 1.65 bits per heavy atom. The Bertz CT molecular complexity index is 249. The topological polar surface area (TPSA) is 29.5 Å². The molecule has 0 aromatic rings. The molecule has 0 saturated heterocycles. The number of allylic oxidation sites excluding steroid dienone is 1.